The predicted octanol–water partition coefficient (Wildman–Crippen LogP) is 3.65. The first-order valence-electron chi connectivity index (χ1n) is 12.8. The summed E-state index contributed by atoms with van der Waals surface area (Å²) in [6, 6.07) is 12.0. The number of aromatic nitrogens is 2. The molecule has 7 nitrogen and oxygen atoms in total. The molecule has 1 aliphatic heterocycles. The van der Waals surface area contributed by atoms with Crippen LogP contribution in [0.4, 0.5) is 0 Å². The van der Waals surface area contributed by atoms with E-state index in [0.717, 1.165) is 25.7 Å². The van der Waals surface area contributed by atoms with Crippen LogP contribution in [0.5, 0.6) is 5.88 Å². The Morgan fingerprint density at radius 3 is 2.60 bits per heavy atom. The Morgan fingerprint density at radius 1 is 1.11 bits per heavy atom. The van der Waals surface area contributed by atoms with Crippen LogP contribution in [0.25, 0.3) is 11.0 Å². The lowest BCUT2D eigenvalue weighted by Gasteiger charge is -2.16. The van der Waals surface area contributed by atoms with Crippen LogP contribution in [0.3, 0.4) is 0 Å². The van der Waals surface area contributed by atoms with Crippen molar-refractivity contribution in [3.8, 4) is 5.88 Å². The molecule has 7 heteroatoms. The summed E-state index contributed by atoms with van der Waals surface area (Å²) in [5.74, 6) is 0.740. The maximum atomic E-state index is 13.3. The minimum absolute atomic E-state index is 0.0110. The van der Waals surface area contributed by atoms with Gasteiger partial charge in [0.2, 0.25) is 11.3 Å². The molecule has 35 heavy (non-hydrogen) atoms. The Morgan fingerprint density at radius 2 is 1.89 bits per heavy atom. The molecule has 2 atom stereocenters. The van der Waals surface area contributed by atoms with E-state index in [-0.39, 0.29) is 34.6 Å². The Bertz CT molecular complexity index is 1300. The first-order chi connectivity index (χ1) is 17.1. The van der Waals surface area contributed by atoms with Gasteiger partial charge in [-0.25, -0.2) is 4.98 Å². The van der Waals surface area contributed by atoms with Crippen LogP contribution in [-0.4, -0.2) is 40.3 Å². The zero-order chi connectivity index (χ0) is 23.9. The number of fused-ring (bicyclic) bond motifs is 2. The van der Waals surface area contributed by atoms with Gasteiger partial charge in [0.25, 0.3) is 5.91 Å². The molecule has 1 amide bonds. The fourth-order valence-electron chi connectivity index (χ4n) is 5.51. The van der Waals surface area contributed by atoms with Crippen LogP contribution < -0.4 is 15.5 Å². The molecule has 6 rings (SSSR count). The van der Waals surface area contributed by atoms with E-state index >= 15 is 0 Å². The number of nitrogens with zero attached hydrogens (tertiary/aromatic N) is 2. The number of aryl methyl sites for hydroxylation is 1. The van der Waals surface area contributed by atoms with Gasteiger partial charge in [-0.15, -0.1) is 0 Å². The summed E-state index contributed by atoms with van der Waals surface area (Å²) in [5.41, 5.74) is 3.28. The predicted molar refractivity (Wildman–Crippen MR) is 133 cm³/mol. The smallest absolute Gasteiger partial charge is 0.256 e. The summed E-state index contributed by atoms with van der Waals surface area (Å²) < 4.78 is 14.2. The van der Waals surface area contributed by atoms with E-state index in [1.807, 2.05) is 35.8 Å². The molecule has 2 fully saturated rings. The second kappa shape index (κ2) is 9.11. The first kappa shape index (κ1) is 22.3. The van der Waals surface area contributed by atoms with Gasteiger partial charge in [0.05, 0.1) is 17.7 Å². The van der Waals surface area contributed by atoms with Crippen LogP contribution in [-0.2, 0) is 24.1 Å². The summed E-state index contributed by atoms with van der Waals surface area (Å²) in [5, 5.41) is 2.92. The summed E-state index contributed by atoms with van der Waals surface area (Å²) in [6.07, 6.45) is 8.14. The summed E-state index contributed by atoms with van der Waals surface area (Å²) in [4.78, 5) is 30.9. The van der Waals surface area contributed by atoms with E-state index in [0.29, 0.717) is 36.5 Å². The molecule has 3 aliphatic rings. The third kappa shape index (κ3) is 4.45. The van der Waals surface area contributed by atoms with Crippen LogP contribution in [0.1, 0.15) is 54.1 Å². The maximum Gasteiger partial charge on any atom is 0.256 e. The number of nitrogens with one attached hydrogen (secondary N) is 1. The summed E-state index contributed by atoms with van der Waals surface area (Å²) in [7, 11) is 0. The monoisotopic (exact) mass is 473 g/mol. The topological polar surface area (TPSA) is 82.5 Å². The molecule has 1 aromatic carbocycles. The molecular formula is C28H31N3O4. The number of pyridine rings is 2. The van der Waals surface area contributed by atoms with E-state index in [4.69, 9.17) is 9.47 Å². The van der Waals surface area contributed by atoms with Gasteiger partial charge in [0.1, 0.15) is 17.2 Å². The van der Waals surface area contributed by atoms with Crippen molar-refractivity contribution >= 4 is 16.9 Å². The SMILES string of the molecule is CCn1cc(C(=O)NCC2CCC(C3CC3)O2)c(=O)c2nc(OC3Cc4ccccc4C3)ccc21. The molecule has 0 bridgehead atoms. The van der Waals surface area contributed by atoms with Crippen molar-refractivity contribution in [2.24, 2.45) is 5.92 Å². The van der Waals surface area contributed by atoms with Crippen molar-refractivity contribution in [1.82, 2.24) is 14.9 Å². The van der Waals surface area contributed by atoms with Crippen LogP contribution >= 0.6 is 0 Å². The summed E-state index contributed by atoms with van der Waals surface area (Å²) in [6.45, 7) is 3.02. The van der Waals surface area contributed by atoms with Crippen LogP contribution in [0.2, 0.25) is 0 Å². The van der Waals surface area contributed by atoms with Crippen molar-refractivity contribution < 1.29 is 14.3 Å². The van der Waals surface area contributed by atoms with Gasteiger partial charge in [-0.3, -0.25) is 9.59 Å². The molecule has 1 N–H and O–H groups in total. The largest absolute Gasteiger partial charge is 0.474 e. The first-order valence-corrected chi connectivity index (χ1v) is 12.8. The third-order valence-corrected chi connectivity index (χ3v) is 7.57. The maximum absolute atomic E-state index is 13.3. The van der Waals surface area contributed by atoms with Crippen LogP contribution in [0, 0.1) is 5.92 Å². The third-order valence-electron chi connectivity index (χ3n) is 7.57. The number of rotatable bonds is 7. The highest BCUT2D eigenvalue weighted by molar-refractivity contribution is 5.96. The Kier molecular flexibility index (Phi) is 5.80. The lowest BCUT2D eigenvalue weighted by Crippen LogP contribution is -2.35. The molecule has 3 aromatic rings. The number of amides is 1. The minimum atomic E-state index is -0.378. The molecule has 2 unspecified atom stereocenters. The number of benzene rings is 1. The van der Waals surface area contributed by atoms with E-state index < -0.39 is 0 Å². The zero-order valence-corrected chi connectivity index (χ0v) is 20.0. The highest BCUT2D eigenvalue weighted by atomic mass is 16.5. The van der Waals surface area contributed by atoms with Gasteiger partial charge in [-0.1, -0.05) is 24.3 Å². The molecule has 1 saturated heterocycles. The number of carbonyl (C=O) groups is 1. The normalized spacial score (nSPS) is 21.9. The van der Waals surface area contributed by atoms with Crippen molar-refractivity contribution in [1.29, 1.82) is 0 Å². The molecule has 3 heterocycles. The summed E-state index contributed by atoms with van der Waals surface area (Å²) >= 11 is 0. The fourth-order valence-corrected chi connectivity index (χ4v) is 5.51. The van der Waals surface area contributed by atoms with Crippen molar-refractivity contribution in [3.05, 3.63) is 69.5 Å². The standard InChI is InChI=1S/C28H31N3O4/c1-2-31-16-22(28(33)29-15-20-9-11-24(34-20)17-7-8-17)27(32)26-23(31)10-12-25(30-26)35-21-13-18-5-3-4-6-19(18)14-21/h3-6,10,12,16-17,20-21,24H,2,7-9,11,13-15H2,1H3,(H,29,33). The van der Waals surface area contributed by atoms with Gasteiger partial charge < -0.3 is 19.4 Å². The van der Waals surface area contributed by atoms with Gasteiger partial charge in [-0.05, 0) is 55.7 Å². The lowest BCUT2D eigenvalue weighted by atomic mass is 10.1. The Balaban J connectivity index is 1.20. The molecule has 0 spiro atoms. The lowest BCUT2D eigenvalue weighted by molar-refractivity contribution is 0.0327. The van der Waals surface area contributed by atoms with Crippen LogP contribution in [0.15, 0.2) is 47.4 Å². The van der Waals surface area contributed by atoms with Crippen molar-refractivity contribution in [3.63, 3.8) is 0 Å². The Labute approximate surface area is 204 Å². The van der Waals surface area contributed by atoms with Crippen molar-refractivity contribution in [2.75, 3.05) is 6.54 Å². The second-order valence-electron chi connectivity index (χ2n) is 10.0. The number of carbonyl (C=O) groups excluding carboxylic acids is 1. The van der Waals surface area contributed by atoms with Gasteiger partial charge in [0, 0.05) is 38.2 Å². The number of hydrogen-bond donors (Lipinski definition) is 1. The molecular weight excluding hydrogens is 442 g/mol. The average Bonchev–Trinajstić information content (AvgIpc) is 3.47. The second-order valence-corrected chi connectivity index (χ2v) is 10.0. The number of hydrogen-bond acceptors (Lipinski definition) is 5. The molecule has 1 saturated carbocycles. The number of ether oxygens (including phenoxy) is 2. The van der Waals surface area contributed by atoms with E-state index in [1.54, 1.807) is 6.20 Å². The van der Waals surface area contributed by atoms with Gasteiger partial charge in [0.15, 0.2) is 0 Å². The fraction of sp³-hybridized carbons (Fsp3) is 0.464. The van der Waals surface area contributed by atoms with Gasteiger partial charge >= 0.3 is 0 Å². The average molecular weight is 474 g/mol. The highest BCUT2D eigenvalue weighted by Gasteiger charge is 2.37. The van der Waals surface area contributed by atoms with E-state index in [2.05, 4.69) is 22.4 Å². The minimum Gasteiger partial charge on any atom is -0.474 e. The molecule has 2 aliphatic carbocycles. The molecule has 0 radical (unpaired) electrons. The quantitative estimate of drug-likeness (QED) is 0.567. The van der Waals surface area contributed by atoms with E-state index in [9.17, 15) is 9.59 Å². The Hall–Kier alpha value is -3.19. The molecule has 2 aromatic heterocycles. The zero-order valence-electron chi connectivity index (χ0n) is 20.0. The highest BCUT2D eigenvalue weighted by Crippen LogP contribution is 2.40. The van der Waals surface area contributed by atoms with Crippen molar-refractivity contribution in [2.45, 2.75) is 70.3 Å². The van der Waals surface area contributed by atoms with Gasteiger partial charge in [-0.2, -0.15) is 0 Å². The van der Waals surface area contributed by atoms with E-state index in [1.165, 1.54) is 24.0 Å². The molecule has 182 valence electrons.